The van der Waals surface area contributed by atoms with Crippen molar-refractivity contribution in [1.82, 2.24) is 9.80 Å². The first-order chi connectivity index (χ1) is 19.8. The molecule has 0 radical (unpaired) electrons. The minimum atomic E-state index is -4.11. The summed E-state index contributed by atoms with van der Waals surface area (Å²) in [6.07, 6.45) is 3.37. The first-order valence-electron chi connectivity index (χ1n) is 14.0. The van der Waals surface area contributed by atoms with Crippen molar-refractivity contribution in [2.75, 3.05) is 37.1 Å². The first kappa shape index (κ1) is 27.3. The molecule has 3 aliphatic heterocycles. The molecule has 0 bridgehead atoms. The number of amides is 2. The molecule has 6 rings (SSSR count). The number of carbonyl (C=O) groups excluding carboxylic acids is 2. The van der Waals surface area contributed by atoms with Gasteiger partial charge in [-0.3, -0.25) is 13.9 Å². The number of nitrogens with zero attached hydrogens (tertiary/aromatic N) is 3. The van der Waals surface area contributed by atoms with Crippen molar-refractivity contribution in [3.05, 3.63) is 89.7 Å². The fourth-order valence-corrected chi connectivity index (χ4v) is 7.62. The maximum absolute atomic E-state index is 13.9. The second kappa shape index (κ2) is 11.2. The van der Waals surface area contributed by atoms with E-state index in [4.69, 9.17) is 4.74 Å². The predicted molar refractivity (Wildman–Crippen MR) is 152 cm³/mol. The molecular weight excluding hydrogens is 545 g/mol. The maximum atomic E-state index is 13.9. The fourth-order valence-electron chi connectivity index (χ4n) is 5.98. The fraction of sp³-hybridized carbons (Fsp3) is 0.355. The zero-order valence-electron chi connectivity index (χ0n) is 22.6. The van der Waals surface area contributed by atoms with E-state index >= 15 is 0 Å². The lowest BCUT2D eigenvalue weighted by Crippen LogP contribution is -2.44. The van der Waals surface area contributed by atoms with Crippen molar-refractivity contribution < 1.29 is 27.1 Å². The van der Waals surface area contributed by atoms with Crippen LogP contribution in [0.2, 0.25) is 0 Å². The van der Waals surface area contributed by atoms with E-state index < -0.39 is 21.9 Å². The molecule has 3 aromatic rings. The number of sulfonamides is 1. The Morgan fingerprint density at radius 3 is 2.20 bits per heavy atom. The van der Waals surface area contributed by atoms with E-state index in [0.29, 0.717) is 37.2 Å². The van der Waals surface area contributed by atoms with Crippen LogP contribution in [0.3, 0.4) is 0 Å². The number of anilines is 1. The van der Waals surface area contributed by atoms with Crippen LogP contribution < -0.4 is 9.04 Å². The Hall–Kier alpha value is -3.92. The highest BCUT2D eigenvalue weighted by Crippen LogP contribution is 2.43. The van der Waals surface area contributed by atoms with Gasteiger partial charge in [0.1, 0.15) is 24.2 Å². The lowest BCUT2D eigenvalue weighted by Gasteiger charge is -2.38. The standard InChI is InChI=1S/C31H32FN3O5S/c32-25-9-11-26(12-10-25)41(38,39)35-27-13-8-24(20-29(27)40-21-28(35)22-6-2-1-3-7-22)31(37)34-18-14-23(15-19-34)30(36)33-16-4-5-17-33/h1-3,6-13,20,23,28H,4-5,14-19,21H2. The number of hydrogen-bond acceptors (Lipinski definition) is 5. The van der Waals surface area contributed by atoms with E-state index in [0.717, 1.165) is 43.6 Å². The quantitative estimate of drug-likeness (QED) is 0.442. The number of ether oxygens (including phenoxy) is 1. The van der Waals surface area contributed by atoms with Crippen LogP contribution in [0.4, 0.5) is 10.1 Å². The number of hydrogen-bond donors (Lipinski definition) is 0. The number of piperidine rings is 1. The van der Waals surface area contributed by atoms with Crippen molar-refractivity contribution >= 4 is 27.5 Å². The minimum absolute atomic E-state index is 0.0408. The third-order valence-electron chi connectivity index (χ3n) is 8.23. The van der Waals surface area contributed by atoms with E-state index in [2.05, 4.69) is 0 Å². The van der Waals surface area contributed by atoms with E-state index in [1.807, 2.05) is 35.2 Å². The molecule has 214 valence electrons. The van der Waals surface area contributed by atoms with E-state index in [-0.39, 0.29) is 35.0 Å². The largest absolute Gasteiger partial charge is 0.489 e. The Morgan fingerprint density at radius 2 is 1.51 bits per heavy atom. The third-order valence-corrected chi connectivity index (χ3v) is 10.1. The lowest BCUT2D eigenvalue weighted by molar-refractivity contribution is -0.135. The van der Waals surface area contributed by atoms with Gasteiger partial charge in [0.05, 0.1) is 10.6 Å². The molecule has 2 fully saturated rings. The number of halogens is 1. The molecule has 3 aliphatic rings. The zero-order chi connectivity index (χ0) is 28.6. The summed E-state index contributed by atoms with van der Waals surface area (Å²) in [4.78, 5) is 29.9. The smallest absolute Gasteiger partial charge is 0.265 e. The first-order valence-corrected chi connectivity index (χ1v) is 15.5. The summed E-state index contributed by atoms with van der Waals surface area (Å²) in [7, 11) is -4.11. The molecule has 3 aromatic carbocycles. The second-order valence-electron chi connectivity index (χ2n) is 10.8. The average Bonchev–Trinajstić information content (AvgIpc) is 3.55. The van der Waals surface area contributed by atoms with Crippen LogP contribution in [0.5, 0.6) is 5.75 Å². The van der Waals surface area contributed by atoms with Crippen molar-refractivity contribution in [3.63, 3.8) is 0 Å². The van der Waals surface area contributed by atoms with Gasteiger partial charge in [-0.05, 0) is 73.7 Å². The van der Waals surface area contributed by atoms with Gasteiger partial charge in [0.25, 0.3) is 15.9 Å². The molecule has 10 heteroatoms. The summed E-state index contributed by atoms with van der Waals surface area (Å²) in [6, 6.07) is 18.1. The molecule has 0 saturated carbocycles. The van der Waals surface area contributed by atoms with Gasteiger partial charge in [-0.25, -0.2) is 12.8 Å². The van der Waals surface area contributed by atoms with Crippen LogP contribution >= 0.6 is 0 Å². The van der Waals surface area contributed by atoms with Crippen molar-refractivity contribution in [2.24, 2.45) is 5.92 Å². The van der Waals surface area contributed by atoms with Crippen LogP contribution in [-0.4, -0.2) is 62.8 Å². The summed E-state index contributed by atoms with van der Waals surface area (Å²) in [5.41, 5.74) is 1.45. The van der Waals surface area contributed by atoms with Crippen LogP contribution in [0, 0.1) is 11.7 Å². The maximum Gasteiger partial charge on any atom is 0.265 e. The third kappa shape index (κ3) is 5.28. The number of likely N-dealkylation sites (tertiary alicyclic amines) is 2. The molecule has 3 heterocycles. The Morgan fingerprint density at radius 1 is 0.829 bits per heavy atom. The van der Waals surface area contributed by atoms with Gasteiger partial charge >= 0.3 is 0 Å². The highest BCUT2D eigenvalue weighted by Gasteiger charge is 2.39. The summed E-state index contributed by atoms with van der Waals surface area (Å²) >= 11 is 0. The number of carbonyl (C=O) groups is 2. The van der Waals surface area contributed by atoms with Gasteiger partial charge in [0.2, 0.25) is 5.91 Å². The highest BCUT2D eigenvalue weighted by molar-refractivity contribution is 7.92. The van der Waals surface area contributed by atoms with Crippen molar-refractivity contribution in [3.8, 4) is 5.75 Å². The Bertz CT molecular complexity index is 1530. The van der Waals surface area contributed by atoms with E-state index in [9.17, 15) is 22.4 Å². The molecule has 2 saturated heterocycles. The molecule has 0 N–H and O–H groups in total. The Labute approximate surface area is 239 Å². The van der Waals surface area contributed by atoms with Crippen molar-refractivity contribution in [2.45, 2.75) is 36.6 Å². The molecule has 8 nitrogen and oxygen atoms in total. The second-order valence-corrected chi connectivity index (χ2v) is 12.6. The Kier molecular flexibility index (Phi) is 7.42. The van der Waals surface area contributed by atoms with E-state index in [1.54, 1.807) is 23.1 Å². The molecule has 0 spiro atoms. The van der Waals surface area contributed by atoms with Gasteiger partial charge in [-0.2, -0.15) is 0 Å². The van der Waals surface area contributed by atoms with Crippen LogP contribution in [-0.2, 0) is 14.8 Å². The van der Waals surface area contributed by atoms with Crippen LogP contribution in [0.1, 0.15) is 47.6 Å². The molecular formula is C31H32FN3O5S. The molecule has 2 amide bonds. The highest BCUT2D eigenvalue weighted by atomic mass is 32.2. The van der Waals surface area contributed by atoms with Gasteiger partial charge in [0, 0.05) is 37.7 Å². The van der Waals surface area contributed by atoms with Gasteiger partial charge in [-0.1, -0.05) is 30.3 Å². The van der Waals surface area contributed by atoms with Crippen LogP contribution in [0.15, 0.2) is 77.7 Å². The molecule has 41 heavy (non-hydrogen) atoms. The average molecular weight is 578 g/mol. The van der Waals surface area contributed by atoms with Gasteiger partial charge in [-0.15, -0.1) is 0 Å². The zero-order valence-corrected chi connectivity index (χ0v) is 23.4. The monoisotopic (exact) mass is 577 g/mol. The summed E-state index contributed by atoms with van der Waals surface area (Å²) in [5.74, 6) is -0.274. The molecule has 0 aromatic heterocycles. The minimum Gasteiger partial charge on any atom is -0.489 e. The lowest BCUT2D eigenvalue weighted by atomic mass is 9.94. The predicted octanol–water partition coefficient (Wildman–Crippen LogP) is 4.63. The van der Waals surface area contributed by atoms with Gasteiger partial charge < -0.3 is 14.5 Å². The summed E-state index contributed by atoms with van der Waals surface area (Å²) < 4.78 is 48.9. The summed E-state index contributed by atoms with van der Waals surface area (Å²) in [5, 5.41) is 0. The van der Waals surface area contributed by atoms with E-state index in [1.165, 1.54) is 16.4 Å². The molecule has 0 aliphatic carbocycles. The topological polar surface area (TPSA) is 87.2 Å². The Balaban J connectivity index is 1.26. The number of benzene rings is 3. The van der Waals surface area contributed by atoms with Crippen molar-refractivity contribution in [1.29, 1.82) is 0 Å². The molecule has 1 unspecified atom stereocenters. The van der Waals surface area contributed by atoms with Gasteiger partial charge in [0.15, 0.2) is 0 Å². The summed E-state index contributed by atoms with van der Waals surface area (Å²) in [6.45, 7) is 2.67. The van der Waals surface area contributed by atoms with Crippen LogP contribution in [0.25, 0.3) is 0 Å². The normalized spacial score (nSPS) is 19.5. The SMILES string of the molecule is O=C(c1ccc2c(c1)OCC(c1ccccc1)N2S(=O)(=O)c1ccc(F)cc1)N1CCC(C(=O)N2CCCC2)CC1. The molecule has 1 atom stereocenters. The number of rotatable bonds is 5. The number of fused-ring (bicyclic) bond motifs is 1.